The lowest BCUT2D eigenvalue weighted by atomic mass is 10.1. The Morgan fingerprint density at radius 2 is 1.92 bits per heavy atom. The van der Waals surface area contributed by atoms with Gasteiger partial charge in [-0.25, -0.2) is 0 Å². The van der Waals surface area contributed by atoms with Crippen molar-refractivity contribution in [2.24, 2.45) is 0 Å². The molecule has 0 radical (unpaired) electrons. The summed E-state index contributed by atoms with van der Waals surface area (Å²) in [4.78, 5) is 0. The zero-order valence-electron chi connectivity index (χ0n) is 6.69. The molecule has 0 aliphatic carbocycles. The maximum atomic E-state index is 9.27. The van der Waals surface area contributed by atoms with Crippen LogP contribution in [0.15, 0.2) is 18.2 Å². The Labute approximate surface area is 78.5 Å². The first-order valence-corrected chi connectivity index (χ1v) is 4.57. The molecule has 0 amide bonds. The maximum absolute atomic E-state index is 9.27. The van der Waals surface area contributed by atoms with Gasteiger partial charge in [-0.05, 0) is 23.8 Å². The fourth-order valence-electron chi connectivity index (χ4n) is 1.31. The molecule has 4 heteroatoms. The Morgan fingerprint density at radius 3 is 2.62 bits per heavy atom. The predicted octanol–water partition coefficient (Wildman–Crippen LogP) is 1.80. The fraction of sp³-hybridized carbons (Fsp3) is 0.111. The largest absolute Gasteiger partial charge is 0.508 e. The summed E-state index contributed by atoms with van der Waals surface area (Å²) in [6, 6.07) is 4.65. The van der Waals surface area contributed by atoms with Crippen LogP contribution in [0.25, 0.3) is 10.1 Å². The molecule has 13 heavy (non-hydrogen) atoms. The SMILES string of the molecule is OCc1cc(O)cc2sc(O)cc12. The number of aliphatic hydroxyl groups is 1. The number of rotatable bonds is 1. The predicted molar refractivity (Wildman–Crippen MR) is 51.1 cm³/mol. The van der Waals surface area contributed by atoms with Crippen molar-refractivity contribution in [3.8, 4) is 10.8 Å². The molecule has 1 aromatic carbocycles. The lowest BCUT2D eigenvalue weighted by molar-refractivity contribution is 0.283. The fourth-order valence-corrected chi connectivity index (χ4v) is 2.19. The molecule has 2 aromatic rings. The van der Waals surface area contributed by atoms with Crippen molar-refractivity contribution in [1.82, 2.24) is 0 Å². The molecule has 68 valence electrons. The van der Waals surface area contributed by atoms with Crippen LogP contribution in [0.2, 0.25) is 0 Å². The van der Waals surface area contributed by atoms with Crippen molar-refractivity contribution in [1.29, 1.82) is 0 Å². The van der Waals surface area contributed by atoms with Crippen LogP contribution in [0, 0.1) is 0 Å². The molecule has 0 atom stereocenters. The van der Waals surface area contributed by atoms with E-state index in [1.54, 1.807) is 12.1 Å². The van der Waals surface area contributed by atoms with Gasteiger partial charge in [-0.3, -0.25) is 0 Å². The summed E-state index contributed by atoms with van der Waals surface area (Å²) >= 11 is 1.18. The monoisotopic (exact) mass is 196 g/mol. The Bertz CT molecular complexity index is 447. The van der Waals surface area contributed by atoms with Crippen LogP contribution in [-0.2, 0) is 6.61 Å². The molecule has 0 saturated heterocycles. The van der Waals surface area contributed by atoms with Crippen molar-refractivity contribution >= 4 is 21.4 Å². The molecule has 3 nitrogen and oxygen atoms in total. The summed E-state index contributed by atoms with van der Waals surface area (Å²) in [5.74, 6) is 0.110. The van der Waals surface area contributed by atoms with Crippen molar-refractivity contribution in [3.05, 3.63) is 23.8 Å². The molecule has 0 aliphatic rings. The summed E-state index contributed by atoms with van der Waals surface area (Å²) in [5.41, 5.74) is 0.631. The first-order valence-electron chi connectivity index (χ1n) is 3.76. The Balaban J connectivity index is 2.80. The van der Waals surface area contributed by atoms with Crippen molar-refractivity contribution in [3.63, 3.8) is 0 Å². The van der Waals surface area contributed by atoms with Crippen LogP contribution >= 0.6 is 11.3 Å². The molecule has 3 N–H and O–H groups in total. The topological polar surface area (TPSA) is 60.7 Å². The summed E-state index contributed by atoms with van der Waals surface area (Å²) in [6.07, 6.45) is 0. The number of aliphatic hydroxyl groups excluding tert-OH is 1. The highest BCUT2D eigenvalue weighted by atomic mass is 32.1. The number of benzene rings is 1. The van der Waals surface area contributed by atoms with Crippen LogP contribution in [0.5, 0.6) is 10.8 Å². The first-order chi connectivity index (χ1) is 6.20. The average Bonchev–Trinajstić information content (AvgIpc) is 2.43. The van der Waals surface area contributed by atoms with Crippen LogP contribution in [0.1, 0.15) is 5.56 Å². The summed E-state index contributed by atoms with van der Waals surface area (Å²) in [5, 5.41) is 28.5. The van der Waals surface area contributed by atoms with Gasteiger partial charge in [-0.2, -0.15) is 0 Å². The van der Waals surface area contributed by atoms with Gasteiger partial charge in [0.15, 0.2) is 5.06 Å². The minimum absolute atomic E-state index is 0.110. The lowest BCUT2D eigenvalue weighted by Gasteiger charge is -1.99. The zero-order valence-corrected chi connectivity index (χ0v) is 7.51. The molecule has 0 aliphatic heterocycles. The molecular weight excluding hydrogens is 188 g/mol. The smallest absolute Gasteiger partial charge is 0.172 e. The molecule has 0 saturated carbocycles. The molecule has 0 spiro atoms. The van der Waals surface area contributed by atoms with Crippen molar-refractivity contribution in [2.45, 2.75) is 6.61 Å². The van der Waals surface area contributed by atoms with E-state index in [0.717, 1.165) is 10.1 Å². The van der Waals surface area contributed by atoms with Crippen molar-refractivity contribution < 1.29 is 15.3 Å². The maximum Gasteiger partial charge on any atom is 0.172 e. The van der Waals surface area contributed by atoms with Crippen LogP contribution < -0.4 is 0 Å². The van der Waals surface area contributed by atoms with Crippen LogP contribution in [0.3, 0.4) is 0 Å². The van der Waals surface area contributed by atoms with E-state index in [2.05, 4.69) is 0 Å². The summed E-state index contributed by atoms with van der Waals surface area (Å²) in [7, 11) is 0. The average molecular weight is 196 g/mol. The van der Waals surface area contributed by atoms with E-state index in [4.69, 9.17) is 5.11 Å². The molecular formula is C9H8O3S. The standard InChI is InChI=1S/C9H8O3S/c10-4-5-1-6(11)2-8-7(5)3-9(12)13-8/h1-3,10-12H,4H2. The summed E-state index contributed by atoms with van der Waals surface area (Å²) in [6.45, 7) is -0.138. The van der Waals surface area contributed by atoms with E-state index in [1.807, 2.05) is 0 Å². The number of hydrogen-bond donors (Lipinski definition) is 3. The van der Waals surface area contributed by atoms with E-state index >= 15 is 0 Å². The third-order valence-electron chi connectivity index (χ3n) is 1.87. The van der Waals surface area contributed by atoms with E-state index in [9.17, 15) is 10.2 Å². The second kappa shape index (κ2) is 2.90. The van der Waals surface area contributed by atoms with E-state index in [0.29, 0.717) is 5.56 Å². The molecule has 2 rings (SSSR count). The van der Waals surface area contributed by atoms with Gasteiger partial charge in [-0.15, -0.1) is 0 Å². The van der Waals surface area contributed by atoms with Gasteiger partial charge in [0.25, 0.3) is 0 Å². The minimum Gasteiger partial charge on any atom is -0.508 e. The second-order valence-corrected chi connectivity index (χ2v) is 3.82. The molecule has 1 aromatic heterocycles. The molecule has 0 bridgehead atoms. The normalized spacial score (nSPS) is 10.8. The van der Waals surface area contributed by atoms with E-state index in [-0.39, 0.29) is 17.4 Å². The second-order valence-electron chi connectivity index (χ2n) is 2.76. The molecule has 0 fully saturated rings. The van der Waals surface area contributed by atoms with Gasteiger partial charge in [-0.1, -0.05) is 11.3 Å². The summed E-state index contributed by atoms with van der Waals surface area (Å²) < 4.78 is 0.779. The number of phenolic OH excluding ortho intramolecular Hbond substituents is 1. The van der Waals surface area contributed by atoms with E-state index in [1.165, 1.54) is 17.4 Å². The lowest BCUT2D eigenvalue weighted by Crippen LogP contribution is -1.82. The van der Waals surface area contributed by atoms with Crippen LogP contribution in [-0.4, -0.2) is 15.3 Å². The zero-order chi connectivity index (χ0) is 9.42. The molecule has 1 heterocycles. The highest BCUT2D eigenvalue weighted by Gasteiger charge is 2.06. The Kier molecular flexibility index (Phi) is 1.86. The number of thiophene rings is 1. The first kappa shape index (κ1) is 8.34. The van der Waals surface area contributed by atoms with Gasteiger partial charge in [0.2, 0.25) is 0 Å². The minimum atomic E-state index is -0.138. The Morgan fingerprint density at radius 1 is 1.15 bits per heavy atom. The third kappa shape index (κ3) is 1.34. The highest BCUT2D eigenvalue weighted by Crippen LogP contribution is 2.35. The number of phenols is 1. The van der Waals surface area contributed by atoms with Gasteiger partial charge >= 0.3 is 0 Å². The Hall–Kier alpha value is -1.26. The number of aromatic hydroxyl groups is 2. The number of hydrogen-bond acceptors (Lipinski definition) is 4. The number of fused-ring (bicyclic) bond motifs is 1. The van der Waals surface area contributed by atoms with E-state index < -0.39 is 0 Å². The molecule has 0 unspecified atom stereocenters. The van der Waals surface area contributed by atoms with Gasteiger partial charge < -0.3 is 15.3 Å². The van der Waals surface area contributed by atoms with Crippen LogP contribution in [0.4, 0.5) is 0 Å². The van der Waals surface area contributed by atoms with Gasteiger partial charge in [0.1, 0.15) is 5.75 Å². The highest BCUT2D eigenvalue weighted by molar-refractivity contribution is 7.20. The van der Waals surface area contributed by atoms with Crippen molar-refractivity contribution in [2.75, 3.05) is 0 Å². The quantitative estimate of drug-likeness (QED) is 0.651. The van der Waals surface area contributed by atoms with Gasteiger partial charge in [0.05, 0.1) is 6.61 Å². The van der Waals surface area contributed by atoms with Gasteiger partial charge in [0, 0.05) is 10.1 Å². The third-order valence-corrected chi connectivity index (χ3v) is 2.75.